The maximum atomic E-state index is 12.8. The molecule has 8 heteroatoms. The molecule has 0 bridgehead atoms. The number of benzene rings is 2. The third-order valence-corrected chi connectivity index (χ3v) is 5.97. The average molecular weight is 442 g/mol. The van der Waals surface area contributed by atoms with E-state index in [9.17, 15) is 4.79 Å². The van der Waals surface area contributed by atoms with Crippen LogP contribution in [0.1, 0.15) is 23.2 Å². The Morgan fingerprint density at radius 3 is 2.30 bits per heavy atom. The molecule has 1 saturated carbocycles. The monoisotopic (exact) mass is 441 g/mol. The van der Waals surface area contributed by atoms with Gasteiger partial charge in [-0.25, -0.2) is 9.97 Å². The molecule has 2 heterocycles. The van der Waals surface area contributed by atoms with E-state index in [0.29, 0.717) is 47.8 Å². The lowest BCUT2D eigenvalue weighted by molar-refractivity contribution is 0.0746. The first-order chi connectivity index (χ1) is 14.6. The molecule has 0 atom stereocenters. The van der Waals surface area contributed by atoms with E-state index in [2.05, 4.69) is 10.2 Å². The van der Waals surface area contributed by atoms with E-state index < -0.39 is 0 Å². The summed E-state index contributed by atoms with van der Waals surface area (Å²) in [7, 11) is 0. The number of carbonyl (C=O) groups excluding carboxylic acids is 1. The minimum Gasteiger partial charge on any atom is -0.364 e. The van der Waals surface area contributed by atoms with Gasteiger partial charge in [-0.3, -0.25) is 4.79 Å². The number of amides is 1. The molecule has 154 valence electrons. The molecule has 1 aliphatic heterocycles. The molecule has 6 nitrogen and oxygen atoms in total. The fraction of sp³-hybridized carbons (Fsp3) is 0.318. The van der Waals surface area contributed by atoms with Crippen LogP contribution >= 0.6 is 23.2 Å². The van der Waals surface area contributed by atoms with E-state index in [0.717, 1.165) is 35.5 Å². The van der Waals surface area contributed by atoms with Gasteiger partial charge in [0.2, 0.25) is 0 Å². The summed E-state index contributed by atoms with van der Waals surface area (Å²) in [6.45, 7) is 2.64. The highest BCUT2D eigenvalue weighted by molar-refractivity contribution is 6.31. The Kier molecular flexibility index (Phi) is 5.13. The number of nitrogens with zero attached hydrogens (tertiary/aromatic N) is 4. The van der Waals surface area contributed by atoms with Gasteiger partial charge in [-0.15, -0.1) is 0 Å². The number of fused-ring (bicyclic) bond motifs is 1. The maximum absolute atomic E-state index is 12.8. The van der Waals surface area contributed by atoms with Gasteiger partial charge in [-0.2, -0.15) is 0 Å². The molecule has 2 fully saturated rings. The molecular weight excluding hydrogens is 421 g/mol. The largest absolute Gasteiger partial charge is 0.364 e. The first kappa shape index (κ1) is 19.4. The number of rotatable bonds is 4. The van der Waals surface area contributed by atoms with Gasteiger partial charge in [0, 0.05) is 47.8 Å². The van der Waals surface area contributed by atoms with Crippen LogP contribution in [0.15, 0.2) is 42.5 Å². The highest BCUT2D eigenvalue weighted by atomic mass is 35.5. The molecule has 0 spiro atoms. The lowest BCUT2D eigenvalue weighted by atomic mass is 10.2. The Balaban J connectivity index is 1.37. The van der Waals surface area contributed by atoms with Crippen LogP contribution in [-0.4, -0.2) is 53.0 Å². The molecule has 0 unspecified atom stereocenters. The second kappa shape index (κ2) is 7.93. The number of hydrogen-bond acceptors (Lipinski definition) is 5. The predicted molar refractivity (Wildman–Crippen MR) is 121 cm³/mol. The van der Waals surface area contributed by atoms with Crippen molar-refractivity contribution in [3.8, 4) is 0 Å². The van der Waals surface area contributed by atoms with Crippen molar-refractivity contribution in [2.75, 3.05) is 36.4 Å². The molecule has 1 amide bonds. The summed E-state index contributed by atoms with van der Waals surface area (Å²) in [4.78, 5) is 26.6. The molecule has 1 aliphatic carbocycles. The van der Waals surface area contributed by atoms with Gasteiger partial charge in [0.25, 0.3) is 5.91 Å². The van der Waals surface area contributed by atoms with Crippen LogP contribution in [0.5, 0.6) is 0 Å². The predicted octanol–water partition coefficient (Wildman–Crippen LogP) is 4.47. The maximum Gasteiger partial charge on any atom is 0.253 e. The summed E-state index contributed by atoms with van der Waals surface area (Å²) in [5.41, 5.74) is 2.26. The van der Waals surface area contributed by atoms with Gasteiger partial charge in [0.05, 0.1) is 11.0 Å². The van der Waals surface area contributed by atoms with Crippen LogP contribution < -0.4 is 10.2 Å². The molecular formula is C22H21Cl2N5O. The summed E-state index contributed by atoms with van der Waals surface area (Å²) in [6, 6.07) is 13.1. The lowest BCUT2D eigenvalue weighted by Gasteiger charge is -2.36. The van der Waals surface area contributed by atoms with Crippen molar-refractivity contribution in [3.63, 3.8) is 0 Å². The normalized spacial score (nSPS) is 16.7. The van der Waals surface area contributed by atoms with Crippen molar-refractivity contribution in [1.29, 1.82) is 0 Å². The zero-order valence-electron chi connectivity index (χ0n) is 16.3. The van der Waals surface area contributed by atoms with Crippen molar-refractivity contribution in [1.82, 2.24) is 14.9 Å². The Morgan fingerprint density at radius 2 is 1.60 bits per heavy atom. The summed E-state index contributed by atoms with van der Waals surface area (Å²) in [5, 5.41) is 4.78. The topological polar surface area (TPSA) is 61.4 Å². The molecule has 1 N–H and O–H groups in total. The van der Waals surface area contributed by atoms with E-state index in [-0.39, 0.29) is 5.91 Å². The summed E-state index contributed by atoms with van der Waals surface area (Å²) in [5.74, 6) is 1.67. The molecule has 30 heavy (non-hydrogen) atoms. The van der Waals surface area contributed by atoms with E-state index in [1.165, 1.54) is 0 Å². The van der Waals surface area contributed by atoms with Crippen LogP contribution in [0, 0.1) is 0 Å². The summed E-state index contributed by atoms with van der Waals surface area (Å²) < 4.78 is 0. The highest BCUT2D eigenvalue weighted by Crippen LogP contribution is 2.32. The number of halogens is 2. The minimum absolute atomic E-state index is 0.0269. The van der Waals surface area contributed by atoms with Gasteiger partial charge in [-0.1, -0.05) is 23.2 Å². The van der Waals surface area contributed by atoms with Crippen molar-refractivity contribution >= 4 is 51.8 Å². The number of nitrogens with one attached hydrogen (secondary N) is 1. The van der Waals surface area contributed by atoms with Gasteiger partial charge >= 0.3 is 0 Å². The molecule has 2 aromatic carbocycles. The number of piperazine rings is 1. The zero-order chi connectivity index (χ0) is 20.7. The van der Waals surface area contributed by atoms with E-state index in [1.54, 1.807) is 24.3 Å². The zero-order valence-corrected chi connectivity index (χ0v) is 17.8. The number of anilines is 2. The Hall–Kier alpha value is -2.57. The number of aromatic nitrogens is 2. The molecule has 0 radical (unpaired) electrons. The van der Waals surface area contributed by atoms with Crippen molar-refractivity contribution < 1.29 is 4.79 Å². The highest BCUT2D eigenvalue weighted by Gasteiger charge is 2.28. The Morgan fingerprint density at radius 1 is 0.900 bits per heavy atom. The summed E-state index contributed by atoms with van der Waals surface area (Å²) in [6.07, 6.45) is 2.31. The smallest absolute Gasteiger partial charge is 0.253 e. The quantitative estimate of drug-likeness (QED) is 0.646. The standard InChI is InChI=1S/C22H21Cl2N5O/c23-15-3-1-14(2-4-15)22(30)29-11-9-28(10-12-29)21-20(25-17-6-7-17)26-18-8-5-16(24)13-19(18)27-21/h1-5,8,13,17H,6-7,9-12H2,(H,25,26). The van der Waals surface area contributed by atoms with Crippen molar-refractivity contribution in [3.05, 3.63) is 58.1 Å². The van der Waals surface area contributed by atoms with Crippen molar-refractivity contribution in [2.45, 2.75) is 18.9 Å². The number of hydrogen-bond donors (Lipinski definition) is 1. The van der Waals surface area contributed by atoms with Gasteiger partial charge in [0.1, 0.15) is 0 Å². The van der Waals surface area contributed by atoms with E-state index >= 15 is 0 Å². The molecule has 2 aliphatic rings. The minimum atomic E-state index is 0.0269. The third kappa shape index (κ3) is 4.02. The molecule has 5 rings (SSSR count). The lowest BCUT2D eigenvalue weighted by Crippen LogP contribution is -2.49. The number of carbonyl (C=O) groups is 1. The molecule has 3 aromatic rings. The SMILES string of the molecule is O=C(c1ccc(Cl)cc1)N1CCN(c2nc3cc(Cl)ccc3nc2NC2CC2)CC1. The summed E-state index contributed by atoms with van der Waals surface area (Å²) >= 11 is 12.1. The average Bonchev–Trinajstić information content (AvgIpc) is 3.58. The van der Waals surface area contributed by atoms with Crippen LogP contribution in [0.3, 0.4) is 0 Å². The van der Waals surface area contributed by atoms with Crippen LogP contribution in [0.25, 0.3) is 11.0 Å². The fourth-order valence-corrected chi connectivity index (χ4v) is 3.95. The Labute approximate surface area is 184 Å². The van der Waals surface area contributed by atoms with E-state index in [1.807, 2.05) is 23.1 Å². The van der Waals surface area contributed by atoms with Crippen LogP contribution in [-0.2, 0) is 0 Å². The second-order valence-corrected chi connectivity index (χ2v) is 8.61. The third-order valence-electron chi connectivity index (χ3n) is 5.48. The van der Waals surface area contributed by atoms with Gasteiger partial charge in [-0.05, 0) is 55.3 Å². The van der Waals surface area contributed by atoms with E-state index in [4.69, 9.17) is 33.2 Å². The second-order valence-electron chi connectivity index (χ2n) is 7.73. The Bertz CT molecular complexity index is 1090. The first-order valence-corrected chi connectivity index (χ1v) is 10.9. The molecule has 1 saturated heterocycles. The van der Waals surface area contributed by atoms with Crippen LogP contribution in [0.2, 0.25) is 10.0 Å². The van der Waals surface area contributed by atoms with Crippen molar-refractivity contribution in [2.24, 2.45) is 0 Å². The van der Waals surface area contributed by atoms with Gasteiger partial charge < -0.3 is 15.1 Å². The van der Waals surface area contributed by atoms with Crippen LogP contribution in [0.4, 0.5) is 11.6 Å². The first-order valence-electron chi connectivity index (χ1n) is 10.1. The molecule has 1 aromatic heterocycles. The van der Waals surface area contributed by atoms with Gasteiger partial charge in [0.15, 0.2) is 11.6 Å². The fourth-order valence-electron chi connectivity index (χ4n) is 3.65.